The summed E-state index contributed by atoms with van der Waals surface area (Å²) in [4.78, 5) is 18.5. The number of alkyl halides is 3. The Bertz CT molecular complexity index is 960. The molecule has 2 heterocycles. The lowest BCUT2D eigenvalue weighted by Crippen LogP contribution is -2.24. The number of aromatic nitrogens is 2. The summed E-state index contributed by atoms with van der Waals surface area (Å²) >= 11 is 7.49. The summed E-state index contributed by atoms with van der Waals surface area (Å²) in [7, 11) is 1.57. The van der Waals surface area contributed by atoms with Crippen LogP contribution in [-0.4, -0.2) is 27.2 Å². The molecule has 26 heavy (non-hydrogen) atoms. The highest BCUT2D eigenvalue weighted by Gasteiger charge is 2.29. The van der Waals surface area contributed by atoms with E-state index in [2.05, 4.69) is 4.98 Å². The van der Waals surface area contributed by atoms with Crippen molar-refractivity contribution >= 4 is 39.9 Å². The molecule has 4 nitrogen and oxygen atoms in total. The quantitative estimate of drug-likeness (QED) is 0.594. The highest BCUT2D eigenvalue weighted by atomic mass is 35.5. The predicted octanol–water partition coefficient (Wildman–Crippen LogP) is 4.74. The Balaban J connectivity index is 1.68. The first-order chi connectivity index (χ1) is 12.3. The van der Waals surface area contributed by atoms with Gasteiger partial charge < -0.3 is 4.90 Å². The van der Waals surface area contributed by atoms with Crippen molar-refractivity contribution in [2.45, 2.75) is 12.7 Å². The summed E-state index contributed by atoms with van der Waals surface area (Å²) in [5, 5.41) is 2.15. The van der Waals surface area contributed by atoms with E-state index in [1.54, 1.807) is 23.7 Å². The Labute approximate surface area is 156 Å². The van der Waals surface area contributed by atoms with Crippen LogP contribution in [0.25, 0.3) is 11.0 Å². The number of likely N-dealkylation sites (N-methyl/N-ethyl adjacent to an activating group) is 1. The number of hydrogen-bond acceptors (Lipinski definition) is 3. The van der Waals surface area contributed by atoms with Crippen LogP contribution in [0.4, 0.5) is 13.2 Å². The largest absolute Gasteiger partial charge is 0.416 e. The molecule has 0 aliphatic carbocycles. The zero-order chi connectivity index (χ0) is 18.9. The molecule has 0 spiro atoms. The van der Waals surface area contributed by atoms with Gasteiger partial charge in [0.1, 0.15) is 0 Å². The minimum Gasteiger partial charge on any atom is -0.338 e. The van der Waals surface area contributed by atoms with Gasteiger partial charge in [-0.1, -0.05) is 23.7 Å². The molecule has 0 aliphatic heterocycles. The van der Waals surface area contributed by atoms with Gasteiger partial charge in [0.2, 0.25) is 5.91 Å². The monoisotopic (exact) mass is 399 g/mol. The van der Waals surface area contributed by atoms with E-state index >= 15 is 0 Å². The molecule has 0 bridgehead atoms. The Morgan fingerprint density at radius 2 is 2.04 bits per heavy atom. The highest BCUT2D eigenvalue weighted by molar-refractivity contribution is 7.15. The van der Waals surface area contributed by atoms with Crippen LogP contribution in [0.1, 0.15) is 16.8 Å². The van der Waals surface area contributed by atoms with Crippen LogP contribution in [-0.2, 0) is 17.5 Å². The van der Waals surface area contributed by atoms with Gasteiger partial charge in [-0.15, -0.1) is 11.3 Å². The van der Waals surface area contributed by atoms with Crippen molar-refractivity contribution < 1.29 is 18.0 Å². The van der Waals surface area contributed by atoms with Crippen LogP contribution >= 0.6 is 22.9 Å². The number of carbonyl (C=O) groups excluding carboxylic acids is 1. The molecule has 0 atom stereocenters. The van der Waals surface area contributed by atoms with E-state index in [-0.39, 0.29) is 12.5 Å². The van der Waals surface area contributed by atoms with Crippen molar-refractivity contribution in [1.29, 1.82) is 0 Å². The van der Waals surface area contributed by atoms with Crippen molar-refractivity contribution in [1.82, 2.24) is 14.3 Å². The van der Waals surface area contributed by atoms with E-state index in [1.165, 1.54) is 34.4 Å². The summed E-state index contributed by atoms with van der Waals surface area (Å²) in [5.74, 6) is -0.300. The van der Waals surface area contributed by atoms with Crippen molar-refractivity contribution in [3.05, 3.63) is 63.9 Å². The Morgan fingerprint density at radius 1 is 1.35 bits per heavy atom. The van der Waals surface area contributed by atoms with Crippen molar-refractivity contribution in [3.63, 3.8) is 0 Å². The lowest BCUT2D eigenvalue weighted by molar-refractivity contribution is -0.137. The fourth-order valence-electron chi connectivity index (χ4n) is 2.35. The number of imidazole rings is 1. The van der Waals surface area contributed by atoms with Gasteiger partial charge in [-0.3, -0.25) is 9.20 Å². The van der Waals surface area contributed by atoms with E-state index in [0.717, 1.165) is 17.1 Å². The number of amides is 1. The molecule has 0 fully saturated rings. The summed E-state index contributed by atoms with van der Waals surface area (Å²) in [5.41, 5.74) is 0.481. The number of carbonyl (C=O) groups is 1. The fraction of sp³-hybridized carbons (Fsp3) is 0.176. The molecular weight excluding hydrogens is 387 g/mol. The number of thiazole rings is 1. The maximum atomic E-state index is 12.6. The molecule has 0 N–H and O–H groups in total. The molecule has 9 heteroatoms. The van der Waals surface area contributed by atoms with Gasteiger partial charge in [-0.25, -0.2) is 4.98 Å². The lowest BCUT2D eigenvalue weighted by atomic mass is 10.1. The van der Waals surface area contributed by atoms with Gasteiger partial charge in [0.05, 0.1) is 11.3 Å². The maximum Gasteiger partial charge on any atom is 0.416 e. The van der Waals surface area contributed by atoms with Gasteiger partial charge in [-0.05, 0) is 23.8 Å². The molecule has 2 aromatic heterocycles. The number of hydrogen-bond donors (Lipinski definition) is 0. The number of fused-ring (bicyclic) bond motifs is 1. The molecule has 0 radical (unpaired) electrons. The second-order valence-electron chi connectivity index (χ2n) is 5.57. The zero-order valence-corrected chi connectivity index (χ0v) is 15.1. The molecule has 3 rings (SSSR count). The predicted molar refractivity (Wildman–Crippen MR) is 95.0 cm³/mol. The third kappa shape index (κ3) is 3.91. The Kier molecular flexibility index (Phi) is 5.06. The highest BCUT2D eigenvalue weighted by Crippen LogP contribution is 2.29. The summed E-state index contributed by atoms with van der Waals surface area (Å²) < 4.78 is 39.5. The van der Waals surface area contributed by atoms with Crippen LogP contribution < -0.4 is 0 Å². The minimum absolute atomic E-state index is 0.190. The van der Waals surface area contributed by atoms with Crippen molar-refractivity contribution in [2.24, 2.45) is 0 Å². The number of nitrogens with zero attached hydrogens (tertiary/aromatic N) is 3. The fourth-order valence-corrected chi connectivity index (χ4v) is 3.36. The van der Waals surface area contributed by atoms with E-state index < -0.39 is 11.7 Å². The van der Waals surface area contributed by atoms with Gasteiger partial charge in [0, 0.05) is 31.2 Å². The first kappa shape index (κ1) is 18.5. The Hall–Kier alpha value is -2.32. The SMILES string of the molecule is CN(Cc1ccc(C(F)(F)F)cc1)C(=O)/C=C/c1c(Cl)nc2sccn12. The lowest BCUT2D eigenvalue weighted by Gasteiger charge is -2.15. The van der Waals surface area contributed by atoms with E-state index in [0.29, 0.717) is 16.4 Å². The van der Waals surface area contributed by atoms with Gasteiger partial charge in [0.15, 0.2) is 10.1 Å². The second kappa shape index (κ2) is 7.13. The van der Waals surface area contributed by atoms with Crippen LogP contribution in [0.3, 0.4) is 0 Å². The number of rotatable bonds is 4. The summed E-state index contributed by atoms with van der Waals surface area (Å²) in [6, 6.07) is 4.73. The van der Waals surface area contributed by atoms with Gasteiger partial charge >= 0.3 is 6.18 Å². The first-order valence-corrected chi connectivity index (χ1v) is 8.72. The first-order valence-electron chi connectivity index (χ1n) is 7.46. The molecular formula is C17H13ClF3N3OS. The van der Waals surface area contributed by atoms with Gasteiger partial charge in [-0.2, -0.15) is 13.2 Å². The molecule has 3 aromatic rings. The second-order valence-corrected chi connectivity index (χ2v) is 6.80. The number of benzene rings is 1. The van der Waals surface area contributed by atoms with Gasteiger partial charge in [0.25, 0.3) is 0 Å². The van der Waals surface area contributed by atoms with Crippen LogP contribution in [0, 0.1) is 0 Å². The van der Waals surface area contributed by atoms with E-state index in [1.807, 2.05) is 5.38 Å². The topological polar surface area (TPSA) is 37.6 Å². The smallest absolute Gasteiger partial charge is 0.338 e. The molecule has 0 aliphatic rings. The van der Waals surface area contributed by atoms with Crippen LogP contribution in [0.15, 0.2) is 41.9 Å². The molecule has 0 saturated carbocycles. The molecule has 1 aromatic carbocycles. The van der Waals surface area contributed by atoms with Crippen LogP contribution in [0.5, 0.6) is 0 Å². The Morgan fingerprint density at radius 3 is 2.69 bits per heavy atom. The third-order valence-electron chi connectivity index (χ3n) is 3.72. The average molecular weight is 400 g/mol. The maximum absolute atomic E-state index is 12.6. The average Bonchev–Trinajstić information content (AvgIpc) is 3.13. The third-order valence-corrected chi connectivity index (χ3v) is 4.75. The summed E-state index contributed by atoms with van der Waals surface area (Å²) in [6.45, 7) is 0.190. The molecule has 136 valence electrons. The minimum atomic E-state index is -4.37. The molecule has 1 amide bonds. The normalized spacial score (nSPS) is 12.2. The zero-order valence-electron chi connectivity index (χ0n) is 13.5. The van der Waals surface area contributed by atoms with Crippen molar-refractivity contribution in [3.8, 4) is 0 Å². The van der Waals surface area contributed by atoms with Crippen LogP contribution in [0.2, 0.25) is 5.15 Å². The van der Waals surface area contributed by atoms with Crippen molar-refractivity contribution in [2.75, 3.05) is 7.05 Å². The number of halogens is 4. The summed E-state index contributed by atoms with van der Waals surface area (Å²) in [6.07, 6.45) is 0.354. The van der Waals surface area contributed by atoms with E-state index in [9.17, 15) is 18.0 Å². The van der Waals surface area contributed by atoms with E-state index in [4.69, 9.17) is 11.6 Å². The standard InChI is InChI=1S/C17H13ClF3N3OS/c1-23(10-11-2-4-12(5-3-11)17(19,20)21)14(25)7-6-13-15(18)22-16-24(13)8-9-26-16/h2-9H,10H2,1H3/b7-6+. The molecule has 0 unspecified atom stereocenters. The molecule has 0 saturated heterocycles.